The van der Waals surface area contributed by atoms with Crippen LogP contribution in [0.5, 0.6) is 0 Å². The van der Waals surface area contributed by atoms with E-state index in [9.17, 15) is 17.6 Å². The third kappa shape index (κ3) is 2.50. The van der Waals surface area contributed by atoms with E-state index in [-0.39, 0.29) is 36.2 Å². The monoisotopic (exact) mass is 410 g/mol. The fraction of sp³-hybridized carbons (Fsp3) is 0.417. The maximum atomic E-state index is 13.8. The van der Waals surface area contributed by atoms with Crippen LogP contribution in [0.1, 0.15) is 6.42 Å². The first-order valence-corrected chi connectivity index (χ1v) is 9.02. The van der Waals surface area contributed by atoms with Gasteiger partial charge < -0.3 is 10.2 Å². The van der Waals surface area contributed by atoms with Gasteiger partial charge in [0.15, 0.2) is 9.84 Å². The molecule has 1 saturated heterocycles. The van der Waals surface area contributed by atoms with Gasteiger partial charge in [0.1, 0.15) is 5.82 Å². The zero-order chi connectivity index (χ0) is 14.5. The van der Waals surface area contributed by atoms with Crippen LogP contribution in [0.3, 0.4) is 0 Å². The van der Waals surface area contributed by atoms with Gasteiger partial charge in [-0.3, -0.25) is 4.79 Å². The first-order chi connectivity index (χ1) is 9.35. The fourth-order valence-electron chi connectivity index (χ4n) is 2.66. The lowest BCUT2D eigenvalue weighted by Gasteiger charge is -2.35. The van der Waals surface area contributed by atoms with Gasteiger partial charge in [-0.15, -0.1) is 0 Å². The van der Waals surface area contributed by atoms with Crippen molar-refractivity contribution in [1.82, 2.24) is 0 Å². The summed E-state index contributed by atoms with van der Waals surface area (Å²) in [6.45, 7) is 0.287. The maximum absolute atomic E-state index is 13.8. The molecule has 1 aromatic rings. The number of anilines is 2. The van der Waals surface area contributed by atoms with Crippen LogP contribution in [-0.2, 0) is 14.6 Å². The number of hydrogen-bond donors (Lipinski definition) is 1. The summed E-state index contributed by atoms with van der Waals surface area (Å²) in [6.07, 6.45) is 0.103. The van der Waals surface area contributed by atoms with E-state index in [1.165, 1.54) is 6.07 Å². The molecule has 0 aliphatic carbocycles. The van der Waals surface area contributed by atoms with Gasteiger partial charge >= 0.3 is 0 Å². The van der Waals surface area contributed by atoms with Crippen molar-refractivity contribution in [2.24, 2.45) is 0 Å². The third-order valence-electron chi connectivity index (χ3n) is 3.57. The molecule has 0 spiro atoms. The van der Waals surface area contributed by atoms with Gasteiger partial charge in [-0.2, -0.15) is 0 Å². The molecule has 0 bridgehead atoms. The molecule has 2 heterocycles. The molecule has 1 N–H and O–H groups in total. The molecule has 8 heteroatoms. The van der Waals surface area contributed by atoms with Crippen LogP contribution in [0.25, 0.3) is 0 Å². The lowest BCUT2D eigenvalue weighted by molar-refractivity contribution is -0.116. The molecular weight excluding hydrogens is 398 g/mol. The first-order valence-electron chi connectivity index (χ1n) is 6.12. The minimum Gasteiger partial charge on any atom is -0.364 e. The Morgan fingerprint density at radius 1 is 1.40 bits per heavy atom. The lowest BCUT2D eigenvalue weighted by atomic mass is 10.1. The SMILES string of the molecule is O=C1CC2CS(=O)(=O)CCN2c2cc(F)c(I)cc2N1. The highest BCUT2D eigenvalue weighted by molar-refractivity contribution is 14.1. The van der Waals surface area contributed by atoms with Crippen LogP contribution in [0, 0.1) is 9.39 Å². The van der Waals surface area contributed by atoms with Crippen LogP contribution in [0.2, 0.25) is 0 Å². The summed E-state index contributed by atoms with van der Waals surface area (Å²) in [6, 6.07) is 2.52. The predicted octanol–water partition coefficient (Wildman–Crippen LogP) is 1.38. The number of amides is 1. The number of rotatable bonds is 0. The zero-order valence-electron chi connectivity index (χ0n) is 10.4. The molecule has 20 heavy (non-hydrogen) atoms. The molecule has 2 aliphatic rings. The van der Waals surface area contributed by atoms with Crippen molar-refractivity contribution >= 4 is 49.7 Å². The number of nitrogens with zero attached hydrogens (tertiary/aromatic N) is 1. The molecule has 1 aromatic carbocycles. The van der Waals surface area contributed by atoms with Crippen molar-refractivity contribution in [1.29, 1.82) is 0 Å². The molecule has 1 fully saturated rings. The molecule has 1 unspecified atom stereocenters. The molecule has 3 rings (SSSR count). The summed E-state index contributed by atoms with van der Waals surface area (Å²) in [5.41, 5.74) is 1.11. The molecule has 2 aliphatic heterocycles. The van der Waals surface area contributed by atoms with Gasteiger partial charge in [0.05, 0.1) is 32.5 Å². The molecular formula is C12H12FIN2O3S. The lowest BCUT2D eigenvalue weighted by Crippen LogP contribution is -2.48. The summed E-state index contributed by atoms with van der Waals surface area (Å²) in [7, 11) is -3.13. The van der Waals surface area contributed by atoms with Crippen molar-refractivity contribution in [2.75, 3.05) is 28.3 Å². The van der Waals surface area contributed by atoms with E-state index in [1.54, 1.807) is 6.07 Å². The maximum Gasteiger partial charge on any atom is 0.226 e. The highest BCUT2D eigenvalue weighted by Crippen LogP contribution is 2.35. The quantitative estimate of drug-likeness (QED) is 0.657. The second-order valence-corrected chi connectivity index (χ2v) is 8.39. The number of halogens is 2. The minimum absolute atomic E-state index is 0.0325. The van der Waals surface area contributed by atoms with Crippen LogP contribution >= 0.6 is 22.6 Å². The second kappa shape index (κ2) is 4.83. The normalized spacial score (nSPS) is 24.4. The second-order valence-electron chi connectivity index (χ2n) is 5.00. The number of hydrogen-bond acceptors (Lipinski definition) is 4. The number of nitrogens with one attached hydrogen (secondary N) is 1. The molecule has 0 aromatic heterocycles. The van der Waals surface area contributed by atoms with Crippen LogP contribution in [0.15, 0.2) is 12.1 Å². The van der Waals surface area contributed by atoms with E-state index in [1.807, 2.05) is 27.5 Å². The summed E-state index contributed by atoms with van der Waals surface area (Å²) in [5, 5.41) is 2.73. The predicted molar refractivity (Wildman–Crippen MR) is 82.2 cm³/mol. The van der Waals surface area contributed by atoms with E-state index in [0.29, 0.717) is 14.9 Å². The topological polar surface area (TPSA) is 66.5 Å². The van der Waals surface area contributed by atoms with Crippen molar-refractivity contribution in [3.63, 3.8) is 0 Å². The number of carbonyl (C=O) groups excluding carboxylic acids is 1. The molecule has 1 amide bonds. The van der Waals surface area contributed by atoms with Gasteiger partial charge in [-0.05, 0) is 28.7 Å². The first kappa shape index (κ1) is 14.1. The van der Waals surface area contributed by atoms with Crippen molar-refractivity contribution in [3.05, 3.63) is 21.5 Å². The van der Waals surface area contributed by atoms with E-state index in [2.05, 4.69) is 5.32 Å². The Morgan fingerprint density at radius 3 is 2.90 bits per heavy atom. The summed E-state index contributed by atoms with van der Waals surface area (Å²) in [5.74, 6) is -0.635. The molecule has 0 saturated carbocycles. The fourth-order valence-corrected chi connectivity index (χ4v) is 4.65. The Morgan fingerprint density at radius 2 is 2.15 bits per heavy atom. The third-order valence-corrected chi connectivity index (χ3v) is 6.10. The van der Waals surface area contributed by atoms with Gasteiger partial charge in [-0.1, -0.05) is 0 Å². The number of fused-ring (bicyclic) bond motifs is 3. The Hall–Kier alpha value is -0.900. The van der Waals surface area contributed by atoms with Gasteiger partial charge in [0.2, 0.25) is 5.91 Å². The molecule has 0 radical (unpaired) electrons. The zero-order valence-corrected chi connectivity index (χ0v) is 13.4. The van der Waals surface area contributed by atoms with E-state index in [4.69, 9.17) is 0 Å². The Balaban J connectivity index is 2.10. The van der Waals surface area contributed by atoms with E-state index >= 15 is 0 Å². The van der Waals surface area contributed by atoms with E-state index in [0.717, 1.165) is 0 Å². The van der Waals surface area contributed by atoms with Crippen molar-refractivity contribution < 1.29 is 17.6 Å². The standard InChI is InChI=1S/C12H12FIN2O3S/c13-8-4-11-10(5-9(8)14)15-12(17)3-7-6-20(18,19)2-1-16(7)11/h4-5,7H,1-3,6H2,(H,15,17). The molecule has 1 atom stereocenters. The van der Waals surface area contributed by atoms with Crippen molar-refractivity contribution in [2.45, 2.75) is 12.5 Å². The minimum atomic E-state index is -3.13. The van der Waals surface area contributed by atoms with Gasteiger partial charge in [0.25, 0.3) is 0 Å². The smallest absolute Gasteiger partial charge is 0.226 e. The average Bonchev–Trinajstić information content (AvgIpc) is 2.44. The van der Waals surface area contributed by atoms with E-state index < -0.39 is 15.9 Å². The Labute approximate surface area is 129 Å². The van der Waals surface area contributed by atoms with Gasteiger partial charge in [-0.25, -0.2) is 12.8 Å². The highest BCUT2D eigenvalue weighted by atomic mass is 127. The summed E-state index contributed by atoms with van der Waals surface area (Å²) in [4.78, 5) is 13.7. The number of carbonyl (C=O) groups is 1. The largest absolute Gasteiger partial charge is 0.364 e. The van der Waals surface area contributed by atoms with Gasteiger partial charge in [0, 0.05) is 19.0 Å². The number of benzene rings is 1. The van der Waals surface area contributed by atoms with Crippen LogP contribution < -0.4 is 10.2 Å². The average molecular weight is 410 g/mol. The summed E-state index contributed by atoms with van der Waals surface area (Å²) >= 11 is 1.86. The van der Waals surface area contributed by atoms with Crippen LogP contribution in [0.4, 0.5) is 15.8 Å². The number of sulfone groups is 1. The molecule has 108 valence electrons. The Bertz CT molecular complexity index is 692. The van der Waals surface area contributed by atoms with Crippen molar-refractivity contribution in [3.8, 4) is 0 Å². The van der Waals surface area contributed by atoms with Crippen LogP contribution in [-0.4, -0.2) is 38.4 Å². The molecule has 5 nitrogen and oxygen atoms in total. The summed E-state index contributed by atoms with van der Waals surface area (Å²) < 4.78 is 37.7. The Kier molecular flexibility index (Phi) is 3.39. The highest BCUT2D eigenvalue weighted by Gasteiger charge is 2.36.